The molecular weight excluding hydrogens is 178 g/mol. The van der Waals surface area contributed by atoms with E-state index in [2.05, 4.69) is 4.98 Å². The maximum Gasteiger partial charge on any atom is 0.279 e. The topological polar surface area (TPSA) is 60.9 Å². The fourth-order valence-electron chi connectivity index (χ4n) is 1.37. The van der Waals surface area contributed by atoms with E-state index in [4.69, 9.17) is 7.21 Å². The van der Waals surface area contributed by atoms with Crippen LogP contribution in [0.5, 0.6) is 0 Å². The van der Waals surface area contributed by atoms with Crippen LogP contribution < -0.4 is 11.4 Å². The summed E-state index contributed by atoms with van der Waals surface area (Å²) in [7, 11) is 0. The van der Waals surface area contributed by atoms with Gasteiger partial charge in [-0.3, -0.25) is 4.79 Å². The molecule has 1 aromatic heterocycles. The Labute approximate surface area is 82.4 Å². The predicted octanol–water partition coefficient (Wildman–Crippen LogP) is 0.673. The van der Waals surface area contributed by atoms with Gasteiger partial charge in [0.2, 0.25) is 0 Å². The molecule has 0 saturated carbocycles. The summed E-state index contributed by atoms with van der Waals surface area (Å²) < 4.78 is 8.47. The second kappa shape index (κ2) is 3.14. The smallest absolute Gasteiger partial charge is 0.279 e. The second-order valence-corrected chi connectivity index (χ2v) is 2.95. The molecule has 4 heteroatoms. The van der Waals surface area contributed by atoms with Gasteiger partial charge in [-0.05, 0) is 12.1 Å². The molecule has 0 radical (unpaired) electrons. The molecule has 2 rings (SSSR count). The highest BCUT2D eigenvalue weighted by Crippen LogP contribution is 2.06. The highest BCUT2D eigenvalue weighted by Gasteiger charge is 2.05. The van der Waals surface area contributed by atoms with Crippen LogP contribution in [0.4, 0.5) is 0 Å². The van der Waals surface area contributed by atoms with Crippen molar-refractivity contribution in [3.05, 3.63) is 40.4 Å². The van der Waals surface area contributed by atoms with Crippen molar-refractivity contribution in [3.63, 3.8) is 0 Å². The van der Waals surface area contributed by atoms with Crippen molar-refractivity contribution < 1.29 is 1.37 Å². The molecule has 0 aliphatic heterocycles. The predicted molar refractivity (Wildman–Crippen MR) is 55.5 cm³/mol. The average Bonchev–Trinajstić information content (AvgIpc) is 2.23. The third-order valence-corrected chi connectivity index (χ3v) is 2.09. The van der Waals surface area contributed by atoms with E-state index in [0.29, 0.717) is 10.9 Å². The SMILES string of the molecule is [2H]C(C)c1nc2ccccc2c(=O)n1N. The highest BCUT2D eigenvalue weighted by molar-refractivity contribution is 5.77. The lowest BCUT2D eigenvalue weighted by Crippen LogP contribution is -2.31. The minimum absolute atomic E-state index is 0.277. The molecule has 1 atom stereocenters. The normalized spacial score (nSPS) is 13.9. The Morgan fingerprint density at radius 2 is 2.29 bits per heavy atom. The van der Waals surface area contributed by atoms with E-state index in [1.54, 1.807) is 31.2 Å². The van der Waals surface area contributed by atoms with Crippen LogP contribution in [0.2, 0.25) is 0 Å². The van der Waals surface area contributed by atoms with Crippen LogP contribution in [0.1, 0.15) is 14.1 Å². The molecule has 0 bridgehead atoms. The molecule has 0 spiro atoms. The summed E-state index contributed by atoms with van der Waals surface area (Å²) in [4.78, 5) is 16.0. The van der Waals surface area contributed by atoms with Crippen LogP contribution in [0.25, 0.3) is 10.9 Å². The van der Waals surface area contributed by atoms with Crippen molar-refractivity contribution >= 4 is 10.9 Å². The summed E-state index contributed by atoms with van der Waals surface area (Å²) in [5.74, 6) is 5.85. The van der Waals surface area contributed by atoms with E-state index in [-0.39, 0.29) is 11.4 Å². The molecular formula is C10H11N3O. The van der Waals surface area contributed by atoms with E-state index in [9.17, 15) is 4.79 Å². The van der Waals surface area contributed by atoms with Crippen molar-refractivity contribution in [2.45, 2.75) is 13.3 Å². The molecule has 1 heterocycles. The molecule has 0 aliphatic rings. The Morgan fingerprint density at radius 1 is 1.57 bits per heavy atom. The number of hydrogen-bond donors (Lipinski definition) is 1. The number of para-hydroxylation sites is 1. The van der Waals surface area contributed by atoms with Crippen molar-refractivity contribution in [2.75, 3.05) is 5.84 Å². The van der Waals surface area contributed by atoms with Crippen LogP contribution in [0, 0.1) is 0 Å². The quantitative estimate of drug-likeness (QED) is 0.672. The molecule has 0 aliphatic carbocycles. The van der Waals surface area contributed by atoms with Crippen LogP contribution in [0.3, 0.4) is 0 Å². The van der Waals surface area contributed by atoms with Gasteiger partial charge in [-0.25, -0.2) is 9.66 Å². The second-order valence-electron chi connectivity index (χ2n) is 2.95. The van der Waals surface area contributed by atoms with Gasteiger partial charge in [0, 0.05) is 7.77 Å². The minimum Gasteiger partial charge on any atom is -0.335 e. The maximum atomic E-state index is 11.8. The molecule has 2 N–H and O–H groups in total. The van der Waals surface area contributed by atoms with E-state index < -0.39 is 6.40 Å². The Hall–Kier alpha value is -1.84. The molecule has 72 valence electrons. The molecule has 14 heavy (non-hydrogen) atoms. The molecule has 2 aromatic rings. The monoisotopic (exact) mass is 190 g/mol. The lowest BCUT2D eigenvalue weighted by Gasteiger charge is -2.05. The number of benzene rings is 1. The van der Waals surface area contributed by atoms with Gasteiger partial charge >= 0.3 is 0 Å². The van der Waals surface area contributed by atoms with Crippen molar-refractivity contribution in [1.29, 1.82) is 0 Å². The van der Waals surface area contributed by atoms with Crippen LogP contribution >= 0.6 is 0 Å². The first kappa shape index (κ1) is 7.55. The summed E-state index contributed by atoms with van der Waals surface area (Å²) in [5, 5.41) is 0.476. The van der Waals surface area contributed by atoms with E-state index in [0.717, 1.165) is 4.68 Å². The number of rotatable bonds is 1. The van der Waals surface area contributed by atoms with Crippen LogP contribution in [-0.4, -0.2) is 9.66 Å². The molecule has 1 unspecified atom stereocenters. The Kier molecular flexibility index (Phi) is 1.69. The van der Waals surface area contributed by atoms with Gasteiger partial charge in [0.15, 0.2) is 0 Å². The van der Waals surface area contributed by atoms with Gasteiger partial charge in [0.25, 0.3) is 5.56 Å². The summed E-state index contributed by atoms with van der Waals surface area (Å²) in [5.41, 5.74) is 0.271. The third kappa shape index (κ3) is 1.16. The number of nitrogens with two attached hydrogens (primary N) is 1. The first-order valence-electron chi connectivity index (χ1n) is 4.88. The van der Waals surface area contributed by atoms with E-state index in [1.807, 2.05) is 0 Å². The molecule has 0 fully saturated rings. The Bertz CT molecular complexity index is 562. The lowest BCUT2D eigenvalue weighted by molar-refractivity contribution is 0.800. The number of hydrogen-bond acceptors (Lipinski definition) is 3. The first-order chi connectivity index (χ1) is 7.11. The van der Waals surface area contributed by atoms with Gasteiger partial charge in [0.1, 0.15) is 5.82 Å². The van der Waals surface area contributed by atoms with Crippen molar-refractivity contribution in [3.8, 4) is 0 Å². The number of nitrogens with zero attached hydrogens (tertiary/aromatic N) is 2. The van der Waals surface area contributed by atoms with E-state index >= 15 is 0 Å². The maximum absolute atomic E-state index is 11.8. The zero-order valence-electron chi connectivity index (χ0n) is 8.77. The molecule has 0 amide bonds. The van der Waals surface area contributed by atoms with E-state index in [1.165, 1.54) is 0 Å². The van der Waals surface area contributed by atoms with Gasteiger partial charge in [0.05, 0.1) is 10.9 Å². The summed E-state index contributed by atoms with van der Waals surface area (Å²) in [6, 6.07) is 6.97. The fraction of sp³-hybridized carbons (Fsp3) is 0.200. The van der Waals surface area contributed by atoms with Gasteiger partial charge < -0.3 is 5.84 Å². The number of aryl methyl sites for hydroxylation is 1. The largest absolute Gasteiger partial charge is 0.335 e. The lowest BCUT2D eigenvalue weighted by atomic mass is 10.2. The van der Waals surface area contributed by atoms with Gasteiger partial charge in [-0.15, -0.1) is 0 Å². The standard InChI is InChI=1S/C10H11N3O/c1-2-9-12-8-6-4-3-5-7(8)10(14)13(9)11/h3-6H,2,11H2,1H3/i2D. The molecule has 0 saturated heterocycles. The molecule has 4 nitrogen and oxygen atoms in total. The molecule has 1 aromatic carbocycles. The number of fused-ring (bicyclic) bond motifs is 1. The first-order valence-corrected chi connectivity index (χ1v) is 4.30. The van der Waals surface area contributed by atoms with Gasteiger partial charge in [-0.1, -0.05) is 19.1 Å². The third-order valence-electron chi connectivity index (χ3n) is 2.09. The van der Waals surface area contributed by atoms with Gasteiger partial charge in [-0.2, -0.15) is 0 Å². The average molecular weight is 190 g/mol. The van der Waals surface area contributed by atoms with Crippen molar-refractivity contribution in [1.82, 2.24) is 9.66 Å². The van der Waals surface area contributed by atoms with Crippen LogP contribution in [0.15, 0.2) is 29.1 Å². The minimum atomic E-state index is -0.618. The Morgan fingerprint density at radius 3 is 3.00 bits per heavy atom. The zero-order valence-corrected chi connectivity index (χ0v) is 7.77. The summed E-state index contributed by atoms with van der Waals surface area (Å²) >= 11 is 0. The fourth-order valence-corrected chi connectivity index (χ4v) is 1.37. The number of aromatic nitrogens is 2. The zero-order chi connectivity index (χ0) is 11.0. The van der Waals surface area contributed by atoms with Crippen molar-refractivity contribution in [2.24, 2.45) is 0 Å². The number of nitrogen functional groups attached to an aromatic ring is 1. The summed E-state index contributed by atoms with van der Waals surface area (Å²) in [6.07, 6.45) is -0.618. The Balaban J connectivity index is 2.89. The summed E-state index contributed by atoms with van der Waals surface area (Å²) in [6.45, 7) is 1.62. The van der Waals surface area contributed by atoms with Crippen LogP contribution in [-0.2, 0) is 6.40 Å². The highest BCUT2D eigenvalue weighted by atomic mass is 16.1.